The Morgan fingerprint density at radius 1 is 1.15 bits per heavy atom. The van der Waals surface area contributed by atoms with E-state index in [1.807, 2.05) is 64.1 Å². The average Bonchev–Trinajstić information content (AvgIpc) is 3.09. The molecule has 3 aromatic rings. The van der Waals surface area contributed by atoms with E-state index in [1.54, 1.807) is 16.8 Å². The molecule has 1 heterocycles. The number of carbonyl (C=O) groups excluding carboxylic acids is 2. The highest BCUT2D eigenvalue weighted by molar-refractivity contribution is 5.91. The molecule has 0 radical (unpaired) electrons. The Hall–Kier alpha value is -3.65. The summed E-state index contributed by atoms with van der Waals surface area (Å²) in [7, 11) is 1.32. The summed E-state index contributed by atoms with van der Waals surface area (Å²) < 4.78 is 6.55. The van der Waals surface area contributed by atoms with Crippen molar-refractivity contribution >= 4 is 17.8 Å². The van der Waals surface area contributed by atoms with Crippen molar-refractivity contribution in [2.75, 3.05) is 12.4 Å². The second-order valence-corrected chi connectivity index (χ2v) is 9.33. The van der Waals surface area contributed by atoms with Gasteiger partial charge in [0.15, 0.2) is 0 Å². The number of urea groups is 1. The molecule has 0 unspecified atom stereocenters. The second kappa shape index (κ2) is 8.95. The highest BCUT2D eigenvalue weighted by atomic mass is 16.5. The Balaban J connectivity index is 1.65. The van der Waals surface area contributed by atoms with Crippen LogP contribution in [-0.4, -0.2) is 40.1 Å². The Bertz CT molecular complexity index is 1230. The molecule has 34 heavy (non-hydrogen) atoms. The molecule has 0 aliphatic heterocycles. The Kier molecular flexibility index (Phi) is 6.18. The number of fused-ring (bicyclic) bond motifs is 1. The lowest BCUT2D eigenvalue weighted by molar-refractivity contribution is 0.0598. The van der Waals surface area contributed by atoms with E-state index in [-0.39, 0.29) is 5.41 Å². The lowest BCUT2D eigenvalue weighted by atomic mass is 9.69. The van der Waals surface area contributed by atoms with Crippen molar-refractivity contribution in [1.29, 1.82) is 0 Å². The van der Waals surface area contributed by atoms with Gasteiger partial charge in [-0.15, -0.1) is 0 Å². The average molecular weight is 463 g/mol. The van der Waals surface area contributed by atoms with Crippen molar-refractivity contribution < 1.29 is 19.4 Å². The third-order valence-electron chi connectivity index (χ3n) is 6.52. The van der Waals surface area contributed by atoms with Gasteiger partial charge in [0.2, 0.25) is 0 Å². The molecule has 2 atom stereocenters. The molecule has 8 heteroatoms. The number of hydrogen-bond donors (Lipinski definition) is 3. The monoisotopic (exact) mass is 462 g/mol. The summed E-state index contributed by atoms with van der Waals surface area (Å²) in [5.74, 6) is 0.0806. The molecule has 0 bridgehead atoms. The zero-order valence-corrected chi connectivity index (χ0v) is 20.0. The van der Waals surface area contributed by atoms with Crippen molar-refractivity contribution in [2.24, 2.45) is 0 Å². The normalized spacial score (nSPS) is 18.6. The third-order valence-corrected chi connectivity index (χ3v) is 6.52. The fraction of sp³-hybridized carbons (Fsp3) is 0.346. The van der Waals surface area contributed by atoms with Crippen LogP contribution in [0.2, 0.25) is 0 Å². The number of benzene rings is 2. The molecule has 0 saturated heterocycles. The first-order valence-electron chi connectivity index (χ1n) is 11.2. The van der Waals surface area contributed by atoms with Crippen LogP contribution < -0.4 is 10.6 Å². The predicted molar refractivity (Wildman–Crippen MR) is 129 cm³/mol. The van der Waals surface area contributed by atoms with E-state index in [0.29, 0.717) is 23.4 Å². The zero-order chi connectivity index (χ0) is 24.6. The molecule has 2 aromatic carbocycles. The van der Waals surface area contributed by atoms with Gasteiger partial charge in [0.1, 0.15) is 5.82 Å². The smallest absolute Gasteiger partial charge is 0.337 e. The summed E-state index contributed by atoms with van der Waals surface area (Å²) in [6.07, 6.45) is -0.370. The number of anilines is 1. The highest BCUT2D eigenvalue weighted by Crippen LogP contribution is 2.42. The van der Waals surface area contributed by atoms with Gasteiger partial charge in [0, 0.05) is 5.56 Å². The SMILES string of the molecule is COC(=O)c1ccc2c(c1)[C@@H](NC(=O)Nc1c(C)c(C)nn1-c1ccccc1)[C@H](O)CC2(C)C. The molecule has 1 aromatic heterocycles. The Labute approximate surface area is 198 Å². The minimum atomic E-state index is -0.831. The summed E-state index contributed by atoms with van der Waals surface area (Å²) in [6, 6.07) is 13.7. The van der Waals surface area contributed by atoms with Gasteiger partial charge in [-0.25, -0.2) is 14.3 Å². The number of nitrogens with one attached hydrogen (secondary N) is 2. The number of aryl methyl sites for hydroxylation is 1. The van der Waals surface area contributed by atoms with Crippen LogP contribution in [0.3, 0.4) is 0 Å². The van der Waals surface area contributed by atoms with Gasteiger partial charge in [-0.05, 0) is 61.1 Å². The van der Waals surface area contributed by atoms with Crippen molar-refractivity contribution in [3.63, 3.8) is 0 Å². The lowest BCUT2D eigenvalue weighted by Crippen LogP contribution is -2.45. The van der Waals surface area contributed by atoms with E-state index in [2.05, 4.69) is 15.7 Å². The maximum Gasteiger partial charge on any atom is 0.337 e. The molecular formula is C26H30N4O4. The van der Waals surface area contributed by atoms with Crippen molar-refractivity contribution in [2.45, 2.75) is 51.7 Å². The maximum atomic E-state index is 13.2. The number of ether oxygens (including phenoxy) is 1. The molecule has 1 aliphatic carbocycles. The van der Waals surface area contributed by atoms with E-state index in [4.69, 9.17) is 4.74 Å². The number of esters is 1. The fourth-order valence-electron chi connectivity index (χ4n) is 4.61. The number of para-hydroxylation sites is 1. The van der Waals surface area contributed by atoms with Crippen LogP contribution in [-0.2, 0) is 10.2 Å². The van der Waals surface area contributed by atoms with Gasteiger partial charge in [0.05, 0.1) is 36.2 Å². The van der Waals surface area contributed by atoms with Gasteiger partial charge in [-0.2, -0.15) is 5.10 Å². The van der Waals surface area contributed by atoms with E-state index < -0.39 is 24.1 Å². The molecule has 3 N–H and O–H groups in total. The van der Waals surface area contributed by atoms with E-state index in [1.165, 1.54) is 7.11 Å². The third kappa shape index (κ3) is 4.28. The fourth-order valence-corrected chi connectivity index (χ4v) is 4.61. The van der Waals surface area contributed by atoms with E-state index in [0.717, 1.165) is 22.5 Å². The lowest BCUT2D eigenvalue weighted by Gasteiger charge is -2.40. The van der Waals surface area contributed by atoms with Crippen molar-refractivity contribution in [3.05, 3.63) is 76.5 Å². The van der Waals surface area contributed by atoms with Gasteiger partial charge in [0.25, 0.3) is 0 Å². The molecule has 1 aliphatic rings. The highest BCUT2D eigenvalue weighted by Gasteiger charge is 2.39. The molecule has 0 fully saturated rings. The van der Waals surface area contributed by atoms with Crippen LogP contribution in [0.25, 0.3) is 5.69 Å². The summed E-state index contributed by atoms with van der Waals surface area (Å²) in [4.78, 5) is 25.3. The van der Waals surface area contributed by atoms with Gasteiger partial charge < -0.3 is 15.2 Å². The molecule has 0 saturated carbocycles. The largest absolute Gasteiger partial charge is 0.465 e. The predicted octanol–water partition coefficient (Wildman–Crippen LogP) is 4.18. The number of aliphatic hydroxyl groups is 1. The van der Waals surface area contributed by atoms with Gasteiger partial charge in [-0.1, -0.05) is 38.1 Å². The van der Waals surface area contributed by atoms with Crippen LogP contribution in [0.5, 0.6) is 0 Å². The number of amides is 2. The number of carbonyl (C=O) groups is 2. The van der Waals surface area contributed by atoms with Gasteiger partial charge >= 0.3 is 12.0 Å². The molecule has 2 amide bonds. The Morgan fingerprint density at radius 2 is 1.85 bits per heavy atom. The molecule has 8 nitrogen and oxygen atoms in total. The standard InChI is InChI=1S/C26H30N4O4/c1-15-16(2)29-30(18-9-7-6-8-10-18)23(15)28-25(33)27-22-19-13-17(24(32)34-5)11-12-20(19)26(3,4)14-21(22)31/h6-13,21-22,31H,14H2,1-5H3,(H2,27,28,33)/t21-,22-/m1/s1. The van der Waals surface area contributed by atoms with Crippen LogP contribution in [0.15, 0.2) is 48.5 Å². The summed E-state index contributed by atoms with van der Waals surface area (Å²) in [6.45, 7) is 7.85. The second-order valence-electron chi connectivity index (χ2n) is 9.33. The molecular weight excluding hydrogens is 432 g/mol. The number of nitrogens with zero attached hydrogens (tertiary/aromatic N) is 2. The first kappa shape index (κ1) is 23.5. The van der Waals surface area contributed by atoms with E-state index in [9.17, 15) is 14.7 Å². The van der Waals surface area contributed by atoms with E-state index >= 15 is 0 Å². The summed E-state index contributed by atoms with van der Waals surface area (Å²) >= 11 is 0. The first-order chi connectivity index (χ1) is 16.1. The zero-order valence-electron chi connectivity index (χ0n) is 20.0. The van der Waals surface area contributed by atoms with Crippen LogP contribution in [0.4, 0.5) is 10.6 Å². The topological polar surface area (TPSA) is 105 Å². The first-order valence-corrected chi connectivity index (χ1v) is 11.2. The number of aliphatic hydroxyl groups excluding tert-OH is 1. The number of hydrogen-bond acceptors (Lipinski definition) is 5. The van der Waals surface area contributed by atoms with Crippen LogP contribution in [0.1, 0.15) is 59.1 Å². The van der Waals surface area contributed by atoms with Crippen molar-refractivity contribution in [1.82, 2.24) is 15.1 Å². The minimum absolute atomic E-state index is 0.322. The molecule has 4 rings (SSSR count). The summed E-state index contributed by atoms with van der Waals surface area (Å²) in [5, 5.41) is 21.4. The summed E-state index contributed by atoms with van der Waals surface area (Å²) in [5.41, 5.74) is 4.18. The molecule has 178 valence electrons. The Morgan fingerprint density at radius 3 is 2.53 bits per heavy atom. The number of rotatable bonds is 4. The number of methoxy groups -OCH3 is 1. The number of aromatic nitrogens is 2. The molecule has 0 spiro atoms. The maximum absolute atomic E-state index is 13.2. The van der Waals surface area contributed by atoms with Gasteiger partial charge in [-0.3, -0.25) is 5.32 Å². The minimum Gasteiger partial charge on any atom is -0.465 e. The van der Waals surface area contributed by atoms with Crippen LogP contribution in [0, 0.1) is 13.8 Å². The quantitative estimate of drug-likeness (QED) is 0.505. The van der Waals surface area contributed by atoms with Crippen LogP contribution >= 0.6 is 0 Å². The van der Waals surface area contributed by atoms with Crippen molar-refractivity contribution in [3.8, 4) is 5.69 Å².